The molecule has 8 nitrogen and oxygen atoms in total. The number of alkyl halides is 3. The van der Waals surface area contributed by atoms with E-state index in [1.165, 1.54) is 23.1 Å². The first kappa shape index (κ1) is 27.2. The van der Waals surface area contributed by atoms with Crippen molar-refractivity contribution in [2.45, 2.75) is 49.7 Å². The summed E-state index contributed by atoms with van der Waals surface area (Å²) in [7, 11) is -2.39. The van der Waals surface area contributed by atoms with Crippen LogP contribution in [0.2, 0.25) is 0 Å². The number of nitrogens with zero attached hydrogens (tertiary/aromatic N) is 4. The van der Waals surface area contributed by atoms with Crippen LogP contribution in [-0.4, -0.2) is 66.5 Å². The quantitative estimate of drug-likeness (QED) is 0.442. The third kappa shape index (κ3) is 4.99. The van der Waals surface area contributed by atoms with Crippen molar-refractivity contribution in [3.8, 4) is 10.6 Å². The standard InChI is InChI=1S/C27H28F3N5O3S2/c1-3-35-7-6-16-11-20(18(15-4-5-15)10-17(16)14-35)32-26-31-13-19(27(28,29)30)23(33-26)21-12-22-24(39-21)25(36)34(2)8-9-40(22,37)38/h10-13,15H,3-9,14H2,1-2H3,(H,31,32,33). The molecule has 2 aromatic heterocycles. The third-order valence-corrected chi connectivity index (χ3v) is 10.7. The van der Waals surface area contributed by atoms with Crippen molar-refractivity contribution in [3.05, 3.63) is 51.5 Å². The molecule has 0 unspecified atom stereocenters. The number of hydrogen-bond acceptors (Lipinski definition) is 8. The summed E-state index contributed by atoms with van der Waals surface area (Å²) in [4.78, 5) is 24.3. The average Bonchev–Trinajstić information content (AvgIpc) is 3.67. The Morgan fingerprint density at radius 1 is 1.15 bits per heavy atom. The van der Waals surface area contributed by atoms with E-state index >= 15 is 0 Å². The number of rotatable bonds is 5. The molecule has 3 aromatic rings. The maximum atomic E-state index is 14.1. The van der Waals surface area contributed by atoms with E-state index in [1.54, 1.807) is 0 Å². The Balaban J connectivity index is 1.43. The summed E-state index contributed by atoms with van der Waals surface area (Å²) in [6, 6.07) is 5.40. The van der Waals surface area contributed by atoms with Crippen LogP contribution in [0, 0.1) is 0 Å². The first-order valence-corrected chi connectivity index (χ1v) is 15.6. The first-order chi connectivity index (χ1) is 18.9. The van der Waals surface area contributed by atoms with Gasteiger partial charge < -0.3 is 10.2 Å². The zero-order valence-electron chi connectivity index (χ0n) is 22.0. The van der Waals surface area contributed by atoms with Crippen molar-refractivity contribution in [2.75, 3.05) is 37.8 Å². The van der Waals surface area contributed by atoms with Gasteiger partial charge in [-0.3, -0.25) is 9.69 Å². The SMILES string of the molecule is CCN1CCc2cc(Nc3ncc(C(F)(F)F)c(-c4cc5c(s4)C(=O)N(C)CCS5(=O)=O)n3)c(C3CC3)cc2C1. The van der Waals surface area contributed by atoms with Crippen molar-refractivity contribution in [1.82, 2.24) is 19.8 Å². The van der Waals surface area contributed by atoms with Crippen LogP contribution in [0.25, 0.3) is 10.6 Å². The summed E-state index contributed by atoms with van der Waals surface area (Å²) in [5, 5.41) is 3.17. The number of carbonyl (C=O) groups excluding carboxylic acids is 1. The Hall–Kier alpha value is -3.03. The molecule has 0 radical (unpaired) electrons. The van der Waals surface area contributed by atoms with E-state index in [0.29, 0.717) is 23.5 Å². The van der Waals surface area contributed by atoms with Crippen LogP contribution in [0.3, 0.4) is 0 Å². The maximum absolute atomic E-state index is 14.1. The van der Waals surface area contributed by atoms with Gasteiger partial charge in [-0.2, -0.15) is 13.2 Å². The second-order valence-corrected chi connectivity index (χ2v) is 13.7. The molecule has 40 heavy (non-hydrogen) atoms. The lowest BCUT2D eigenvalue weighted by molar-refractivity contribution is -0.137. The molecule has 1 fully saturated rings. The van der Waals surface area contributed by atoms with E-state index in [2.05, 4.69) is 39.2 Å². The van der Waals surface area contributed by atoms with Crippen LogP contribution >= 0.6 is 11.3 Å². The summed E-state index contributed by atoms with van der Waals surface area (Å²) in [5.74, 6) is -0.497. The van der Waals surface area contributed by atoms with Gasteiger partial charge in [0.1, 0.15) is 10.4 Å². The average molecular weight is 592 g/mol. The number of sulfone groups is 1. The Bertz CT molecular complexity index is 1620. The molecule has 4 heterocycles. The number of anilines is 2. The molecule has 3 aliphatic rings. The molecule has 6 rings (SSSR count). The monoisotopic (exact) mass is 591 g/mol. The normalized spacial score (nSPS) is 19.2. The van der Waals surface area contributed by atoms with Gasteiger partial charge in [0, 0.05) is 38.6 Å². The van der Waals surface area contributed by atoms with Crippen LogP contribution in [0.15, 0.2) is 29.3 Å². The number of likely N-dealkylation sites (N-methyl/N-ethyl adjacent to an activating group) is 1. The molecule has 1 amide bonds. The summed E-state index contributed by atoms with van der Waals surface area (Å²) in [6.45, 7) is 4.92. The molecule has 1 N–H and O–H groups in total. The Morgan fingerprint density at radius 2 is 1.93 bits per heavy atom. The topological polar surface area (TPSA) is 95.5 Å². The van der Waals surface area contributed by atoms with Crippen molar-refractivity contribution in [1.29, 1.82) is 0 Å². The van der Waals surface area contributed by atoms with Gasteiger partial charge in [-0.25, -0.2) is 18.4 Å². The Labute approximate surface area is 234 Å². The van der Waals surface area contributed by atoms with Gasteiger partial charge in [-0.15, -0.1) is 11.3 Å². The van der Waals surface area contributed by atoms with E-state index in [9.17, 15) is 26.4 Å². The molecular weight excluding hydrogens is 563 g/mol. The molecule has 1 aromatic carbocycles. The third-order valence-electron chi connectivity index (χ3n) is 7.77. The number of carbonyl (C=O) groups is 1. The zero-order chi connectivity index (χ0) is 28.4. The van der Waals surface area contributed by atoms with Crippen LogP contribution in [0.4, 0.5) is 24.8 Å². The number of hydrogen-bond donors (Lipinski definition) is 1. The van der Waals surface area contributed by atoms with E-state index in [1.807, 2.05) is 0 Å². The molecule has 13 heteroatoms. The summed E-state index contributed by atoms with van der Waals surface area (Å²) < 4.78 is 67.9. The Morgan fingerprint density at radius 3 is 2.62 bits per heavy atom. The zero-order valence-corrected chi connectivity index (χ0v) is 23.6. The highest BCUT2D eigenvalue weighted by Gasteiger charge is 2.38. The number of benzene rings is 1. The van der Waals surface area contributed by atoms with Crippen molar-refractivity contribution < 1.29 is 26.4 Å². The predicted molar refractivity (Wildman–Crippen MR) is 146 cm³/mol. The van der Waals surface area contributed by atoms with Crippen LogP contribution in [0.1, 0.15) is 57.6 Å². The van der Waals surface area contributed by atoms with Crippen molar-refractivity contribution in [2.24, 2.45) is 0 Å². The van der Waals surface area contributed by atoms with Crippen LogP contribution in [0.5, 0.6) is 0 Å². The molecule has 212 valence electrons. The van der Waals surface area contributed by atoms with Gasteiger partial charge in [0.05, 0.1) is 21.2 Å². The second-order valence-electron chi connectivity index (χ2n) is 10.5. The fraction of sp³-hybridized carbons (Fsp3) is 0.444. The molecule has 0 atom stereocenters. The van der Waals surface area contributed by atoms with Crippen molar-refractivity contribution >= 4 is 38.7 Å². The fourth-order valence-electron chi connectivity index (χ4n) is 5.27. The number of thiophene rings is 1. The number of nitrogens with one attached hydrogen (secondary N) is 1. The van der Waals surface area contributed by atoms with Crippen LogP contribution < -0.4 is 5.32 Å². The van der Waals surface area contributed by atoms with Gasteiger partial charge in [0.2, 0.25) is 5.95 Å². The van der Waals surface area contributed by atoms with E-state index in [4.69, 9.17) is 0 Å². The Kier molecular flexibility index (Phi) is 6.66. The number of amides is 1. The fourth-order valence-corrected chi connectivity index (χ4v) is 8.30. The summed E-state index contributed by atoms with van der Waals surface area (Å²) in [6.07, 6.45) is -1.11. The van der Waals surface area contributed by atoms with Gasteiger partial charge >= 0.3 is 6.18 Å². The van der Waals surface area contributed by atoms with E-state index in [0.717, 1.165) is 56.2 Å². The molecular formula is C27H28F3N5O3S2. The number of fused-ring (bicyclic) bond motifs is 2. The molecule has 0 spiro atoms. The molecule has 1 saturated carbocycles. The predicted octanol–water partition coefficient (Wildman–Crippen LogP) is 5.08. The number of halogens is 3. The first-order valence-electron chi connectivity index (χ1n) is 13.2. The van der Waals surface area contributed by atoms with Crippen LogP contribution in [-0.2, 0) is 29.0 Å². The highest BCUT2D eigenvalue weighted by Crippen LogP contribution is 2.46. The van der Waals surface area contributed by atoms with E-state index < -0.39 is 33.2 Å². The highest BCUT2D eigenvalue weighted by atomic mass is 32.2. The largest absolute Gasteiger partial charge is 0.420 e. The molecule has 2 aliphatic heterocycles. The minimum atomic E-state index is -4.79. The summed E-state index contributed by atoms with van der Waals surface area (Å²) in [5.41, 5.74) is 2.78. The number of aromatic nitrogens is 2. The van der Waals surface area contributed by atoms with Crippen molar-refractivity contribution in [3.63, 3.8) is 0 Å². The van der Waals surface area contributed by atoms with Gasteiger partial charge in [-0.05, 0) is 60.5 Å². The minimum absolute atomic E-state index is 0.00780. The van der Waals surface area contributed by atoms with Gasteiger partial charge in [-0.1, -0.05) is 13.0 Å². The van der Waals surface area contributed by atoms with E-state index in [-0.39, 0.29) is 32.9 Å². The molecule has 0 saturated heterocycles. The van der Waals surface area contributed by atoms with Gasteiger partial charge in [0.25, 0.3) is 5.91 Å². The smallest absolute Gasteiger partial charge is 0.340 e. The second kappa shape index (κ2) is 9.81. The molecule has 1 aliphatic carbocycles. The minimum Gasteiger partial charge on any atom is -0.340 e. The lowest BCUT2D eigenvalue weighted by Crippen LogP contribution is -2.30. The molecule has 0 bridgehead atoms. The summed E-state index contributed by atoms with van der Waals surface area (Å²) >= 11 is 0.707. The highest BCUT2D eigenvalue weighted by molar-refractivity contribution is 7.91. The lowest BCUT2D eigenvalue weighted by Gasteiger charge is -2.29. The van der Waals surface area contributed by atoms with Gasteiger partial charge in [0.15, 0.2) is 9.84 Å². The lowest BCUT2D eigenvalue weighted by atomic mass is 9.94. The maximum Gasteiger partial charge on any atom is 0.420 e.